The van der Waals surface area contributed by atoms with Gasteiger partial charge in [-0.2, -0.15) is 0 Å². The van der Waals surface area contributed by atoms with Crippen molar-refractivity contribution in [3.05, 3.63) is 29.6 Å². The maximum absolute atomic E-state index is 13.4. The van der Waals surface area contributed by atoms with Gasteiger partial charge >= 0.3 is 0 Å². The zero-order valence-electron chi connectivity index (χ0n) is 12.1. The third-order valence-electron chi connectivity index (χ3n) is 3.68. The molecule has 1 fully saturated rings. The fraction of sp³-hybridized carbons (Fsp3) is 0.625. The van der Waals surface area contributed by atoms with Crippen LogP contribution >= 0.6 is 0 Å². The molecule has 19 heavy (non-hydrogen) atoms. The monoisotopic (exact) mass is 265 g/mol. The van der Waals surface area contributed by atoms with Crippen LogP contribution in [0.4, 0.5) is 10.1 Å². The van der Waals surface area contributed by atoms with Gasteiger partial charge in [0, 0.05) is 23.8 Å². The molecule has 1 aliphatic rings. The number of rotatable bonds is 6. The quantitative estimate of drug-likeness (QED) is 0.843. The minimum absolute atomic E-state index is 0.278. The Labute approximate surface area is 115 Å². The first-order valence-corrected chi connectivity index (χ1v) is 7.23. The van der Waals surface area contributed by atoms with Crippen LogP contribution in [0.25, 0.3) is 0 Å². The van der Waals surface area contributed by atoms with Gasteiger partial charge in [-0.25, -0.2) is 4.39 Å². The number of benzene rings is 1. The summed E-state index contributed by atoms with van der Waals surface area (Å²) in [6.45, 7) is 7.11. The van der Waals surface area contributed by atoms with Crippen LogP contribution in [0.3, 0.4) is 0 Å². The summed E-state index contributed by atoms with van der Waals surface area (Å²) in [6.07, 6.45) is 2.89. The summed E-state index contributed by atoms with van der Waals surface area (Å²) in [4.78, 5) is 2.35. The molecule has 0 aliphatic heterocycles. The van der Waals surface area contributed by atoms with Crippen LogP contribution in [-0.4, -0.2) is 17.7 Å². The minimum atomic E-state index is -0.633. The summed E-state index contributed by atoms with van der Waals surface area (Å²) in [5, 5.41) is 9.86. The highest BCUT2D eigenvalue weighted by Crippen LogP contribution is 2.36. The highest BCUT2D eigenvalue weighted by Gasteiger charge is 2.30. The summed E-state index contributed by atoms with van der Waals surface area (Å²) < 4.78 is 13.4. The van der Waals surface area contributed by atoms with Crippen molar-refractivity contribution in [3.63, 3.8) is 0 Å². The molecule has 2 nitrogen and oxygen atoms in total. The summed E-state index contributed by atoms with van der Waals surface area (Å²) in [5.41, 5.74) is 1.70. The molecule has 1 aromatic rings. The van der Waals surface area contributed by atoms with Gasteiger partial charge < -0.3 is 10.0 Å². The van der Waals surface area contributed by atoms with Gasteiger partial charge in [0.25, 0.3) is 0 Å². The van der Waals surface area contributed by atoms with Gasteiger partial charge in [0.1, 0.15) is 5.82 Å². The Hall–Kier alpha value is -1.09. The molecule has 1 atom stereocenters. The molecule has 1 unspecified atom stereocenters. The van der Waals surface area contributed by atoms with Crippen LogP contribution in [-0.2, 0) is 0 Å². The largest absolute Gasteiger partial charge is 0.389 e. The molecule has 3 heteroatoms. The van der Waals surface area contributed by atoms with Crippen molar-refractivity contribution < 1.29 is 9.50 Å². The Bertz CT molecular complexity index is 427. The molecule has 1 saturated carbocycles. The van der Waals surface area contributed by atoms with Gasteiger partial charge in [-0.3, -0.25) is 0 Å². The summed E-state index contributed by atoms with van der Waals surface area (Å²) in [7, 11) is 0. The maximum atomic E-state index is 13.4. The Morgan fingerprint density at radius 1 is 1.32 bits per heavy atom. The van der Waals surface area contributed by atoms with Crippen molar-refractivity contribution in [2.24, 2.45) is 5.92 Å². The summed E-state index contributed by atoms with van der Waals surface area (Å²) >= 11 is 0. The number of aliphatic hydroxyl groups is 1. The predicted molar refractivity (Wildman–Crippen MR) is 76.9 cm³/mol. The lowest BCUT2D eigenvalue weighted by molar-refractivity contribution is 0.199. The van der Waals surface area contributed by atoms with Gasteiger partial charge in [-0.15, -0.1) is 0 Å². The second-order valence-corrected chi connectivity index (χ2v) is 5.99. The highest BCUT2D eigenvalue weighted by atomic mass is 19.1. The average molecular weight is 265 g/mol. The molecule has 0 spiro atoms. The van der Waals surface area contributed by atoms with Gasteiger partial charge in [-0.05, 0) is 50.3 Å². The third-order valence-corrected chi connectivity index (χ3v) is 3.68. The second-order valence-electron chi connectivity index (χ2n) is 5.99. The highest BCUT2D eigenvalue weighted by molar-refractivity contribution is 5.56. The molecule has 1 aromatic carbocycles. The lowest BCUT2D eigenvalue weighted by Crippen LogP contribution is -2.29. The number of halogens is 1. The lowest BCUT2D eigenvalue weighted by atomic mass is 10.1. The van der Waals surface area contributed by atoms with Crippen LogP contribution in [0, 0.1) is 11.7 Å². The average Bonchev–Trinajstić information content (AvgIpc) is 3.14. The van der Waals surface area contributed by atoms with Gasteiger partial charge in [0.15, 0.2) is 0 Å². The van der Waals surface area contributed by atoms with E-state index in [0.717, 1.165) is 18.7 Å². The van der Waals surface area contributed by atoms with E-state index in [2.05, 4.69) is 18.7 Å². The SMILES string of the molecule is CC(C)CCN(c1ccc(F)cc1C(C)O)C1CC1. The molecule has 0 aromatic heterocycles. The first-order valence-electron chi connectivity index (χ1n) is 7.23. The molecule has 0 amide bonds. The van der Waals surface area contributed by atoms with E-state index < -0.39 is 6.10 Å². The van der Waals surface area contributed by atoms with E-state index in [-0.39, 0.29) is 5.82 Å². The van der Waals surface area contributed by atoms with Crippen molar-refractivity contribution >= 4 is 5.69 Å². The standard InChI is InChI=1S/C16H24FNO/c1-11(2)8-9-18(14-5-6-14)16-7-4-13(17)10-15(16)12(3)19/h4,7,10-12,14,19H,5-6,8-9H2,1-3H3. The molecule has 106 valence electrons. The van der Waals surface area contributed by atoms with Crippen LogP contribution in [0.1, 0.15) is 51.7 Å². The predicted octanol–water partition coefficient (Wildman–Crippen LogP) is 3.89. The number of anilines is 1. The number of hydrogen-bond donors (Lipinski definition) is 1. The van der Waals surface area contributed by atoms with Gasteiger partial charge in [0.2, 0.25) is 0 Å². The second kappa shape index (κ2) is 5.91. The fourth-order valence-corrected chi connectivity index (χ4v) is 2.40. The number of hydrogen-bond acceptors (Lipinski definition) is 2. The molecule has 0 radical (unpaired) electrons. The molecule has 0 heterocycles. The molecule has 1 N–H and O–H groups in total. The van der Waals surface area contributed by atoms with Gasteiger partial charge in [0.05, 0.1) is 6.10 Å². The first kappa shape index (κ1) is 14.3. The van der Waals surface area contributed by atoms with E-state index in [1.807, 2.05) is 6.07 Å². The minimum Gasteiger partial charge on any atom is -0.389 e. The van der Waals surface area contributed by atoms with E-state index >= 15 is 0 Å². The summed E-state index contributed by atoms with van der Waals surface area (Å²) in [6, 6.07) is 5.34. The smallest absolute Gasteiger partial charge is 0.123 e. The van der Waals surface area contributed by atoms with Crippen molar-refractivity contribution in [2.45, 2.75) is 52.2 Å². The van der Waals surface area contributed by atoms with Crippen molar-refractivity contribution in [1.29, 1.82) is 0 Å². The Balaban J connectivity index is 2.25. The van der Waals surface area contributed by atoms with E-state index in [9.17, 15) is 9.50 Å². The maximum Gasteiger partial charge on any atom is 0.123 e. The zero-order chi connectivity index (χ0) is 14.0. The Morgan fingerprint density at radius 3 is 2.53 bits per heavy atom. The van der Waals surface area contributed by atoms with Crippen molar-refractivity contribution in [1.82, 2.24) is 0 Å². The third kappa shape index (κ3) is 3.69. The summed E-state index contributed by atoms with van der Waals surface area (Å²) in [5.74, 6) is 0.371. The lowest BCUT2D eigenvalue weighted by Gasteiger charge is -2.28. The van der Waals surface area contributed by atoms with E-state index in [0.29, 0.717) is 17.5 Å². The van der Waals surface area contributed by atoms with Crippen LogP contribution in [0.2, 0.25) is 0 Å². The number of aliphatic hydroxyl groups excluding tert-OH is 1. The number of nitrogens with zero attached hydrogens (tertiary/aromatic N) is 1. The normalized spacial score (nSPS) is 16.7. The van der Waals surface area contributed by atoms with E-state index in [4.69, 9.17) is 0 Å². The molecule has 2 rings (SSSR count). The first-order chi connectivity index (χ1) is 8.99. The molecular weight excluding hydrogens is 241 g/mol. The topological polar surface area (TPSA) is 23.5 Å². The Kier molecular flexibility index (Phi) is 4.46. The van der Waals surface area contributed by atoms with E-state index in [1.54, 1.807) is 6.92 Å². The van der Waals surface area contributed by atoms with Crippen LogP contribution in [0.5, 0.6) is 0 Å². The van der Waals surface area contributed by atoms with Crippen LogP contribution in [0.15, 0.2) is 18.2 Å². The van der Waals surface area contributed by atoms with Gasteiger partial charge in [-0.1, -0.05) is 13.8 Å². The van der Waals surface area contributed by atoms with Crippen molar-refractivity contribution in [3.8, 4) is 0 Å². The van der Waals surface area contributed by atoms with Crippen LogP contribution < -0.4 is 4.90 Å². The molecule has 1 aliphatic carbocycles. The van der Waals surface area contributed by atoms with Crippen molar-refractivity contribution in [2.75, 3.05) is 11.4 Å². The molecule has 0 bridgehead atoms. The zero-order valence-corrected chi connectivity index (χ0v) is 12.1. The van der Waals surface area contributed by atoms with E-state index in [1.165, 1.54) is 25.0 Å². The Morgan fingerprint density at radius 2 is 2.00 bits per heavy atom. The molecule has 0 saturated heterocycles. The fourth-order valence-electron chi connectivity index (χ4n) is 2.40. The molecular formula is C16H24FNO.